The SMILES string of the molecule is CNc1ccccc1-c1nc(Cc2ccccc2Br)no1. The summed E-state index contributed by atoms with van der Waals surface area (Å²) >= 11 is 3.53. The molecule has 0 amide bonds. The molecule has 0 saturated carbocycles. The molecule has 0 aliphatic rings. The van der Waals surface area contributed by atoms with E-state index >= 15 is 0 Å². The molecule has 0 saturated heterocycles. The molecule has 106 valence electrons. The predicted octanol–water partition coefficient (Wildman–Crippen LogP) is 4.13. The van der Waals surface area contributed by atoms with Crippen LogP contribution in [0.4, 0.5) is 5.69 Å². The van der Waals surface area contributed by atoms with E-state index in [0.29, 0.717) is 18.1 Å². The van der Waals surface area contributed by atoms with E-state index in [0.717, 1.165) is 21.3 Å². The van der Waals surface area contributed by atoms with Crippen LogP contribution in [0, 0.1) is 0 Å². The van der Waals surface area contributed by atoms with E-state index in [-0.39, 0.29) is 0 Å². The fraction of sp³-hybridized carbons (Fsp3) is 0.125. The van der Waals surface area contributed by atoms with E-state index in [9.17, 15) is 0 Å². The van der Waals surface area contributed by atoms with Gasteiger partial charge >= 0.3 is 0 Å². The first-order valence-electron chi connectivity index (χ1n) is 6.61. The molecule has 0 spiro atoms. The fourth-order valence-corrected chi connectivity index (χ4v) is 2.56. The highest BCUT2D eigenvalue weighted by Crippen LogP contribution is 2.26. The molecule has 2 aromatic carbocycles. The predicted molar refractivity (Wildman–Crippen MR) is 86.2 cm³/mol. The molecule has 1 N–H and O–H groups in total. The average Bonchev–Trinajstić information content (AvgIpc) is 2.98. The average molecular weight is 344 g/mol. The van der Waals surface area contributed by atoms with Gasteiger partial charge in [-0.3, -0.25) is 0 Å². The minimum Gasteiger partial charge on any atom is -0.387 e. The van der Waals surface area contributed by atoms with Crippen molar-refractivity contribution in [1.82, 2.24) is 10.1 Å². The van der Waals surface area contributed by atoms with Crippen molar-refractivity contribution >= 4 is 21.6 Å². The van der Waals surface area contributed by atoms with Crippen molar-refractivity contribution in [2.24, 2.45) is 0 Å². The van der Waals surface area contributed by atoms with Crippen LogP contribution in [0.3, 0.4) is 0 Å². The van der Waals surface area contributed by atoms with Crippen molar-refractivity contribution in [3.63, 3.8) is 0 Å². The van der Waals surface area contributed by atoms with Gasteiger partial charge in [-0.1, -0.05) is 51.4 Å². The van der Waals surface area contributed by atoms with Gasteiger partial charge in [0.25, 0.3) is 5.89 Å². The third-order valence-electron chi connectivity index (χ3n) is 3.20. The zero-order chi connectivity index (χ0) is 14.7. The number of para-hydroxylation sites is 1. The maximum absolute atomic E-state index is 5.39. The molecule has 1 aromatic heterocycles. The summed E-state index contributed by atoms with van der Waals surface area (Å²) in [6, 6.07) is 15.9. The molecule has 5 heteroatoms. The van der Waals surface area contributed by atoms with Crippen molar-refractivity contribution in [1.29, 1.82) is 0 Å². The van der Waals surface area contributed by atoms with Crippen LogP contribution < -0.4 is 5.32 Å². The molecule has 3 aromatic rings. The summed E-state index contributed by atoms with van der Waals surface area (Å²) in [5.74, 6) is 1.20. The van der Waals surface area contributed by atoms with Crippen LogP contribution in [0.1, 0.15) is 11.4 Å². The second-order valence-corrected chi connectivity index (χ2v) is 5.43. The highest BCUT2D eigenvalue weighted by Gasteiger charge is 2.13. The zero-order valence-corrected chi connectivity index (χ0v) is 13.1. The normalized spacial score (nSPS) is 10.6. The Kier molecular flexibility index (Phi) is 4.01. The van der Waals surface area contributed by atoms with Crippen molar-refractivity contribution in [3.05, 3.63) is 64.4 Å². The molecule has 3 rings (SSSR count). The van der Waals surface area contributed by atoms with Gasteiger partial charge in [0.2, 0.25) is 0 Å². The summed E-state index contributed by atoms with van der Waals surface area (Å²) in [6.45, 7) is 0. The summed E-state index contributed by atoms with van der Waals surface area (Å²) in [4.78, 5) is 4.49. The lowest BCUT2D eigenvalue weighted by molar-refractivity contribution is 0.424. The van der Waals surface area contributed by atoms with Crippen LogP contribution in [0.5, 0.6) is 0 Å². The third kappa shape index (κ3) is 2.97. The van der Waals surface area contributed by atoms with E-state index in [2.05, 4.69) is 31.4 Å². The second kappa shape index (κ2) is 6.10. The Hall–Kier alpha value is -2.14. The zero-order valence-electron chi connectivity index (χ0n) is 11.5. The second-order valence-electron chi connectivity index (χ2n) is 4.58. The fourth-order valence-electron chi connectivity index (χ4n) is 2.13. The third-order valence-corrected chi connectivity index (χ3v) is 3.97. The number of hydrogen-bond donors (Lipinski definition) is 1. The highest BCUT2D eigenvalue weighted by atomic mass is 79.9. The lowest BCUT2D eigenvalue weighted by Crippen LogP contribution is -1.93. The van der Waals surface area contributed by atoms with Crippen molar-refractivity contribution in [3.8, 4) is 11.5 Å². The summed E-state index contributed by atoms with van der Waals surface area (Å²) in [7, 11) is 1.87. The maximum atomic E-state index is 5.39. The van der Waals surface area contributed by atoms with E-state index in [1.54, 1.807) is 0 Å². The number of aromatic nitrogens is 2. The molecule has 0 radical (unpaired) electrons. The van der Waals surface area contributed by atoms with E-state index in [1.807, 2.05) is 55.6 Å². The van der Waals surface area contributed by atoms with Crippen LogP contribution in [0.15, 0.2) is 57.5 Å². The maximum Gasteiger partial charge on any atom is 0.260 e. The Labute approximate surface area is 131 Å². The summed E-state index contributed by atoms with van der Waals surface area (Å²) < 4.78 is 6.44. The summed E-state index contributed by atoms with van der Waals surface area (Å²) in [6.07, 6.45) is 0.632. The van der Waals surface area contributed by atoms with Crippen molar-refractivity contribution in [2.75, 3.05) is 12.4 Å². The lowest BCUT2D eigenvalue weighted by Gasteiger charge is -2.03. The van der Waals surface area contributed by atoms with Crippen LogP contribution in [0.25, 0.3) is 11.5 Å². The molecule has 0 atom stereocenters. The lowest BCUT2D eigenvalue weighted by atomic mass is 10.1. The first-order chi connectivity index (χ1) is 10.3. The minimum atomic E-state index is 0.530. The number of anilines is 1. The van der Waals surface area contributed by atoms with Crippen LogP contribution >= 0.6 is 15.9 Å². The van der Waals surface area contributed by atoms with Gasteiger partial charge in [0, 0.05) is 23.6 Å². The molecule has 0 aliphatic carbocycles. The van der Waals surface area contributed by atoms with Gasteiger partial charge in [0.05, 0.1) is 5.56 Å². The number of nitrogens with one attached hydrogen (secondary N) is 1. The standard InChI is InChI=1S/C16H14BrN3O/c1-18-14-9-5-3-7-12(14)16-19-15(20-21-16)10-11-6-2-4-8-13(11)17/h2-9,18H,10H2,1H3. The van der Waals surface area contributed by atoms with Crippen LogP contribution in [-0.4, -0.2) is 17.2 Å². The molecular formula is C16H14BrN3O. The summed E-state index contributed by atoms with van der Waals surface area (Å²) in [5, 5.41) is 7.20. The largest absolute Gasteiger partial charge is 0.387 e. The number of nitrogens with zero attached hydrogens (tertiary/aromatic N) is 2. The van der Waals surface area contributed by atoms with Gasteiger partial charge in [-0.15, -0.1) is 0 Å². The summed E-state index contributed by atoms with van der Waals surface area (Å²) in [5.41, 5.74) is 3.01. The number of halogens is 1. The quantitative estimate of drug-likeness (QED) is 0.773. The molecule has 4 nitrogen and oxygen atoms in total. The van der Waals surface area contributed by atoms with Gasteiger partial charge in [-0.05, 0) is 23.8 Å². The first-order valence-corrected chi connectivity index (χ1v) is 7.40. The van der Waals surface area contributed by atoms with Gasteiger partial charge in [-0.25, -0.2) is 0 Å². The molecule has 0 bridgehead atoms. The number of rotatable bonds is 4. The Morgan fingerprint density at radius 1 is 1.10 bits per heavy atom. The topological polar surface area (TPSA) is 51.0 Å². The van der Waals surface area contributed by atoms with Crippen LogP contribution in [0.2, 0.25) is 0 Å². The molecule has 0 unspecified atom stereocenters. The molecule has 0 aliphatic heterocycles. The van der Waals surface area contributed by atoms with E-state index in [1.165, 1.54) is 0 Å². The highest BCUT2D eigenvalue weighted by molar-refractivity contribution is 9.10. The Balaban J connectivity index is 1.89. The van der Waals surface area contributed by atoms with E-state index in [4.69, 9.17) is 4.52 Å². The first kappa shape index (κ1) is 13.8. The Bertz CT molecular complexity index is 755. The minimum absolute atomic E-state index is 0.530. The van der Waals surface area contributed by atoms with Crippen LogP contribution in [-0.2, 0) is 6.42 Å². The number of hydrogen-bond acceptors (Lipinski definition) is 4. The Morgan fingerprint density at radius 3 is 2.67 bits per heavy atom. The van der Waals surface area contributed by atoms with Gasteiger partial charge in [-0.2, -0.15) is 4.98 Å². The molecule has 21 heavy (non-hydrogen) atoms. The Morgan fingerprint density at radius 2 is 1.86 bits per heavy atom. The molecule has 0 fully saturated rings. The van der Waals surface area contributed by atoms with Crippen molar-refractivity contribution in [2.45, 2.75) is 6.42 Å². The van der Waals surface area contributed by atoms with Gasteiger partial charge < -0.3 is 9.84 Å². The number of benzene rings is 2. The van der Waals surface area contributed by atoms with Gasteiger partial charge in [0.15, 0.2) is 5.82 Å². The van der Waals surface area contributed by atoms with E-state index < -0.39 is 0 Å². The van der Waals surface area contributed by atoms with Gasteiger partial charge in [0.1, 0.15) is 0 Å². The monoisotopic (exact) mass is 343 g/mol. The smallest absolute Gasteiger partial charge is 0.260 e. The molecule has 1 heterocycles. The molecular weight excluding hydrogens is 330 g/mol. The van der Waals surface area contributed by atoms with Crippen molar-refractivity contribution < 1.29 is 4.52 Å².